The molecule has 0 saturated heterocycles. The Bertz CT molecular complexity index is 583. The van der Waals surface area contributed by atoms with Gasteiger partial charge in [-0.2, -0.15) is 0 Å². The number of aliphatic carboxylic acids is 1. The van der Waals surface area contributed by atoms with Crippen LogP contribution in [-0.4, -0.2) is 32.3 Å². The molecule has 0 aliphatic heterocycles. The lowest BCUT2D eigenvalue weighted by Gasteiger charge is -2.01. The van der Waals surface area contributed by atoms with Gasteiger partial charge in [-0.25, -0.2) is 4.68 Å². The smallest absolute Gasteiger partial charge is 0.303 e. The molecule has 0 bridgehead atoms. The summed E-state index contributed by atoms with van der Waals surface area (Å²) in [5, 5.41) is 16.8. The van der Waals surface area contributed by atoms with Crippen LogP contribution < -0.4 is 0 Å². The molecule has 1 aromatic heterocycles. The Balaban J connectivity index is 1.96. The fraction of sp³-hybridized carbons (Fsp3) is 0.357. The monoisotopic (exact) mass is 291 g/mol. The third kappa shape index (κ3) is 4.09. The molecule has 0 atom stereocenters. The van der Waals surface area contributed by atoms with Crippen LogP contribution in [0.4, 0.5) is 0 Å². The van der Waals surface area contributed by atoms with E-state index in [2.05, 4.69) is 22.4 Å². The molecule has 0 amide bonds. The summed E-state index contributed by atoms with van der Waals surface area (Å²) in [4.78, 5) is 11.6. The minimum atomic E-state index is -0.748. The molecule has 1 heterocycles. The Morgan fingerprint density at radius 1 is 1.40 bits per heavy atom. The van der Waals surface area contributed by atoms with Crippen molar-refractivity contribution in [3.63, 3.8) is 0 Å². The molecule has 0 aliphatic rings. The molecular formula is C14H17N3O2S. The summed E-state index contributed by atoms with van der Waals surface area (Å²) in [5.74, 6) is -0.748. The van der Waals surface area contributed by atoms with Crippen LogP contribution in [0.2, 0.25) is 0 Å². The molecule has 0 saturated carbocycles. The number of rotatable bonds is 7. The Labute approximate surface area is 122 Å². The molecule has 6 heteroatoms. The highest BCUT2D eigenvalue weighted by atomic mass is 32.2. The predicted octanol–water partition coefficient (Wildman–Crippen LogP) is 2.79. The quantitative estimate of drug-likeness (QED) is 0.627. The molecule has 5 nitrogen and oxygen atoms in total. The van der Waals surface area contributed by atoms with Gasteiger partial charge in [0, 0.05) is 11.3 Å². The lowest BCUT2D eigenvalue weighted by molar-refractivity contribution is -0.137. The first-order chi connectivity index (χ1) is 9.69. The third-order valence-electron chi connectivity index (χ3n) is 2.93. The number of unbranched alkanes of at least 4 members (excludes halogenated alkanes) is 1. The van der Waals surface area contributed by atoms with Crippen molar-refractivity contribution in [2.24, 2.45) is 0 Å². The van der Waals surface area contributed by atoms with Gasteiger partial charge in [0.25, 0.3) is 0 Å². The van der Waals surface area contributed by atoms with Crippen molar-refractivity contribution in [1.29, 1.82) is 0 Å². The van der Waals surface area contributed by atoms with E-state index in [1.54, 1.807) is 16.4 Å². The molecule has 0 spiro atoms. The molecule has 0 unspecified atom stereocenters. The van der Waals surface area contributed by atoms with Crippen LogP contribution in [0.15, 0.2) is 35.4 Å². The molecule has 1 aromatic carbocycles. The zero-order valence-electron chi connectivity index (χ0n) is 11.3. The Hall–Kier alpha value is -1.82. The maximum atomic E-state index is 10.4. The van der Waals surface area contributed by atoms with Gasteiger partial charge in [-0.05, 0) is 43.7 Å². The van der Waals surface area contributed by atoms with Gasteiger partial charge in [-0.15, -0.1) is 16.9 Å². The molecule has 20 heavy (non-hydrogen) atoms. The van der Waals surface area contributed by atoms with E-state index in [0.29, 0.717) is 6.42 Å². The van der Waals surface area contributed by atoms with Crippen molar-refractivity contribution in [1.82, 2.24) is 15.0 Å². The normalized spacial score (nSPS) is 10.7. The topological polar surface area (TPSA) is 68.0 Å². The number of aryl methyl sites for hydroxylation is 1. The number of benzene rings is 1. The van der Waals surface area contributed by atoms with E-state index in [1.165, 1.54) is 4.90 Å². The highest BCUT2D eigenvalue weighted by Gasteiger charge is 2.04. The van der Waals surface area contributed by atoms with E-state index in [1.807, 2.05) is 24.6 Å². The van der Waals surface area contributed by atoms with Gasteiger partial charge >= 0.3 is 5.97 Å². The number of hydrogen-bond acceptors (Lipinski definition) is 4. The summed E-state index contributed by atoms with van der Waals surface area (Å²) in [6.45, 7) is 0. The largest absolute Gasteiger partial charge is 0.481 e. The van der Waals surface area contributed by atoms with Crippen molar-refractivity contribution in [2.75, 3.05) is 6.26 Å². The van der Waals surface area contributed by atoms with E-state index in [4.69, 9.17) is 5.11 Å². The van der Waals surface area contributed by atoms with Crippen molar-refractivity contribution in [2.45, 2.75) is 30.6 Å². The van der Waals surface area contributed by atoms with Gasteiger partial charge in [-0.1, -0.05) is 11.3 Å². The lowest BCUT2D eigenvalue weighted by Crippen LogP contribution is -1.95. The second-order valence-electron chi connectivity index (χ2n) is 4.46. The molecule has 0 radical (unpaired) electrons. The summed E-state index contributed by atoms with van der Waals surface area (Å²) >= 11 is 1.69. The van der Waals surface area contributed by atoms with Gasteiger partial charge in [0.05, 0.1) is 17.6 Å². The number of hydrogen-bond donors (Lipinski definition) is 1. The molecule has 106 valence electrons. The first-order valence-corrected chi connectivity index (χ1v) is 7.69. The van der Waals surface area contributed by atoms with Crippen LogP contribution in [0, 0.1) is 0 Å². The van der Waals surface area contributed by atoms with E-state index in [0.717, 1.165) is 24.2 Å². The summed E-state index contributed by atoms with van der Waals surface area (Å²) < 4.78 is 1.76. The number of aromatic nitrogens is 3. The zero-order chi connectivity index (χ0) is 14.4. The highest BCUT2D eigenvalue weighted by molar-refractivity contribution is 7.98. The molecule has 0 fully saturated rings. The maximum absolute atomic E-state index is 10.4. The van der Waals surface area contributed by atoms with Gasteiger partial charge in [0.2, 0.25) is 0 Å². The van der Waals surface area contributed by atoms with Gasteiger partial charge < -0.3 is 5.11 Å². The average molecular weight is 291 g/mol. The predicted molar refractivity (Wildman–Crippen MR) is 78.3 cm³/mol. The van der Waals surface area contributed by atoms with Crippen LogP contribution in [-0.2, 0) is 11.2 Å². The first-order valence-electron chi connectivity index (χ1n) is 6.46. The van der Waals surface area contributed by atoms with Gasteiger partial charge in [0.15, 0.2) is 0 Å². The Morgan fingerprint density at radius 3 is 3.00 bits per heavy atom. The van der Waals surface area contributed by atoms with Gasteiger partial charge in [0.1, 0.15) is 0 Å². The van der Waals surface area contributed by atoms with Crippen LogP contribution in [0.5, 0.6) is 0 Å². The summed E-state index contributed by atoms with van der Waals surface area (Å²) in [7, 11) is 0. The first kappa shape index (κ1) is 14.6. The molecular weight excluding hydrogens is 274 g/mol. The molecule has 2 aromatic rings. The van der Waals surface area contributed by atoms with E-state index >= 15 is 0 Å². The van der Waals surface area contributed by atoms with Crippen LogP contribution in [0.25, 0.3) is 5.69 Å². The van der Waals surface area contributed by atoms with E-state index < -0.39 is 5.97 Å². The number of carboxylic acid groups (broad SMARTS) is 1. The highest BCUT2D eigenvalue weighted by Crippen LogP contribution is 2.18. The van der Waals surface area contributed by atoms with Crippen LogP contribution >= 0.6 is 11.8 Å². The lowest BCUT2D eigenvalue weighted by atomic mass is 10.1. The molecule has 1 N–H and O–H groups in total. The number of carboxylic acids is 1. The minimum Gasteiger partial charge on any atom is -0.481 e. The Kier molecular flexibility index (Phi) is 5.17. The van der Waals surface area contributed by atoms with Crippen molar-refractivity contribution in [3.05, 3.63) is 36.2 Å². The second kappa shape index (κ2) is 7.09. The fourth-order valence-corrected chi connectivity index (χ4v) is 2.33. The van der Waals surface area contributed by atoms with Crippen LogP contribution in [0.1, 0.15) is 25.0 Å². The van der Waals surface area contributed by atoms with E-state index in [-0.39, 0.29) is 6.42 Å². The second-order valence-corrected chi connectivity index (χ2v) is 5.34. The molecule has 2 rings (SSSR count). The SMILES string of the molecule is CSc1cccc(-n2cc(CCCCC(=O)O)nn2)c1. The standard InChI is InChI=1S/C14H17N3O2S/c1-20-13-7-4-6-12(9-13)17-10-11(15-16-17)5-2-3-8-14(18)19/h4,6-7,9-10H,2-3,5,8H2,1H3,(H,18,19). The van der Waals surface area contributed by atoms with Crippen molar-refractivity contribution >= 4 is 17.7 Å². The van der Waals surface area contributed by atoms with Gasteiger partial charge in [-0.3, -0.25) is 4.79 Å². The van der Waals surface area contributed by atoms with E-state index in [9.17, 15) is 4.79 Å². The Morgan fingerprint density at radius 2 is 2.25 bits per heavy atom. The number of carbonyl (C=O) groups is 1. The minimum absolute atomic E-state index is 0.212. The van der Waals surface area contributed by atoms with Crippen molar-refractivity contribution in [3.8, 4) is 5.69 Å². The fourth-order valence-electron chi connectivity index (χ4n) is 1.87. The average Bonchev–Trinajstić information content (AvgIpc) is 2.92. The van der Waals surface area contributed by atoms with Crippen molar-refractivity contribution < 1.29 is 9.90 Å². The molecule has 0 aliphatic carbocycles. The summed E-state index contributed by atoms with van der Waals surface area (Å²) in [6, 6.07) is 8.10. The summed E-state index contributed by atoms with van der Waals surface area (Å²) in [6.07, 6.45) is 6.40. The maximum Gasteiger partial charge on any atom is 0.303 e. The number of nitrogens with zero attached hydrogens (tertiary/aromatic N) is 3. The summed E-state index contributed by atoms with van der Waals surface area (Å²) in [5.41, 5.74) is 1.88. The third-order valence-corrected chi connectivity index (χ3v) is 3.66. The number of thioether (sulfide) groups is 1. The zero-order valence-corrected chi connectivity index (χ0v) is 12.1. The van der Waals surface area contributed by atoms with Crippen LogP contribution in [0.3, 0.4) is 0 Å².